The fourth-order valence-electron chi connectivity index (χ4n) is 2.28. The first-order chi connectivity index (χ1) is 12.5. The fourth-order valence-corrected chi connectivity index (χ4v) is 3.26. The zero-order chi connectivity index (χ0) is 20.0. The van der Waals surface area contributed by atoms with E-state index in [0.717, 1.165) is 18.2 Å². The Hall–Kier alpha value is -2.95. The first-order valence-corrected chi connectivity index (χ1v) is 8.43. The van der Waals surface area contributed by atoms with Crippen molar-refractivity contribution < 1.29 is 39.0 Å². The van der Waals surface area contributed by atoms with E-state index >= 15 is 0 Å². The summed E-state index contributed by atoms with van der Waals surface area (Å²) < 4.78 is 99.0. The second-order valence-corrected chi connectivity index (χ2v) is 6.76. The van der Waals surface area contributed by atoms with E-state index in [1.165, 1.54) is 0 Å². The van der Waals surface area contributed by atoms with Crippen molar-refractivity contribution in [3.63, 3.8) is 0 Å². The van der Waals surface area contributed by atoms with Gasteiger partial charge in [0.2, 0.25) is 0 Å². The van der Waals surface area contributed by atoms with Crippen molar-refractivity contribution in [2.45, 2.75) is 11.1 Å². The molecule has 0 N–H and O–H groups in total. The van der Waals surface area contributed by atoms with Crippen LogP contribution >= 0.6 is 0 Å². The van der Waals surface area contributed by atoms with E-state index < -0.39 is 60.7 Å². The maximum Gasteiger partial charge on any atom is 0.417 e. The van der Waals surface area contributed by atoms with Gasteiger partial charge in [-0.2, -0.15) is 21.6 Å². The molecule has 3 aromatic rings. The number of benzene rings is 2. The van der Waals surface area contributed by atoms with Crippen molar-refractivity contribution in [2.75, 3.05) is 0 Å². The lowest BCUT2D eigenvalue weighted by Crippen LogP contribution is -2.13. The molecule has 0 fully saturated rings. The standard InChI is InChI=1S/C16H7F5O5S/c17-8-1-4-14(12(18)5-8)27(23,24)26-9-2-3-10-11(16(19,20)21)7-15(22)25-13(10)6-9/h1-7H. The number of hydrogen-bond acceptors (Lipinski definition) is 5. The minimum Gasteiger partial charge on any atom is -0.423 e. The molecule has 0 amide bonds. The number of fused-ring (bicyclic) bond motifs is 1. The van der Waals surface area contributed by atoms with Crippen molar-refractivity contribution >= 4 is 21.1 Å². The highest BCUT2D eigenvalue weighted by molar-refractivity contribution is 7.87. The molecule has 11 heteroatoms. The molecule has 0 spiro atoms. The minimum atomic E-state index is -4.85. The molecule has 0 saturated heterocycles. The van der Waals surface area contributed by atoms with Gasteiger partial charge >= 0.3 is 21.9 Å². The average Bonchev–Trinajstić information content (AvgIpc) is 2.52. The van der Waals surface area contributed by atoms with Crippen LogP contribution in [-0.4, -0.2) is 8.42 Å². The van der Waals surface area contributed by atoms with Gasteiger partial charge in [0.05, 0.1) is 5.56 Å². The summed E-state index contributed by atoms with van der Waals surface area (Å²) in [7, 11) is -4.76. The smallest absolute Gasteiger partial charge is 0.417 e. The van der Waals surface area contributed by atoms with E-state index in [-0.39, 0.29) is 6.07 Å². The molecule has 1 heterocycles. The van der Waals surface area contributed by atoms with Crippen LogP contribution in [-0.2, 0) is 16.3 Å². The van der Waals surface area contributed by atoms with Crippen molar-refractivity contribution in [2.24, 2.45) is 0 Å². The Morgan fingerprint density at radius 1 is 0.963 bits per heavy atom. The van der Waals surface area contributed by atoms with Gasteiger partial charge in [-0.1, -0.05) is 0 Å². The summed E-state index contributed by atoms with van der Waals surface area (Å²) in [6, 6.07) is 4.35. The summed E-state index contributed by atoms with van der Waals surface area (Å²) in [6.45, 7) is 0. The first kappa shape index (κ1) is 18.8. The molecule has 0 aliphatic heterocycles. The SMILES string of the molecule is O=c1cc(C(F)(F)F)c2ccc(OS(=O)(=O)c3ccc(F)cc3F)cc2o1. The van der Waals surface area contributed by atoms with Crippen LogP contribution in [0.1, 0.15) is 5.56 Å². The lowest BCUT2D eigenvalue weighted by atomic mass is 10.1. The molecule has 1 aromatic heterocycles. The molecular formula is C16H7F5O5S. The molecule has 142 valence electrons. The van der Waals surface area contributed by atoms with Crippen LogP contribution in [0.25, 0.3) is 11.0 Å². The van der Waals surface area contributed by atoms with Gasteiger partial charge in [0.15, 0.2) is 0 Å². The highest BCUT2D eigenvalue weighted by Gasteiger charge is 2.34. The maximum absolute atomic E-state index is 13.7. The minimum absolute atomic E-state index is 0.257. The third kappa shape index (κ3) is 3.77. The molecule has 3 rings (SSSR count). The second kappa shape index (κ2) is 6.34. The van der Waals surface area contributed by atoms with Crippen LogP contribution in [0.2, 0.25) is 0 Å². The number of hydrogen-bond donors (Lipinski definition) is 0. The largest absolute Gasteiger partial charge is 0.423 e. The van der Waals surface area contributed by atoms with E-state index in [1.807, 2.05) is 0 Å². The molecule has 27 heavy (non-hydrogen) atoms. The van der Waals surface area contributed by atoms with Crippen LogP contribution in [0.5, 0.6) is 5.75 Å². The summed E-state index contributed by atoms with van der Waals surface area (Å²) in [5.74, 6) is -2.96. The van der Waals surface area contributed by atoms with Gasteiger partial charge in [0, 0.05) is 23.6 Å². The Kier molecular flexibility index (Phi) is 4.42. The van der Waals surface area contributed by atoms with Gasteiger partial charge in [0.25, 0.3) is 0 Å². The Morgan fingerprint density at radius 3 is 2.30 bits per heavy atom. The van der Waals surface area contributed by atoms with Crippen LogP contribution in [0.3, 0.4) is 0 Å². The third-order valence-corrected chi connectivity index (χ3v) is 4.67. The predicted molar refractivity (Wildman–Crippen MR) is 81.7 cm³/mol. The van der Waals surface area contributed by atoms with Crippen molar-refractivity contribution in [3.05, 3.63) is 70.1 Å². The molecule has 0 bridgehead atoms. The molecular weight excluding hydrogens is 399 g/mol. The van der Waals surface area contributed by atoms with E-state index in [9.17, 15) is 35.2 Å². The van der Waals surface area contributed by atoms with Gasteiger partial charge in [-0.05, 0) is 24.3 Å². The van der Waals surface area contributed by atoms with Crippen molar-refractivity contribution in [1.29, 1.82) is 0 Å². The van der Waals surface area contributed by atoms with E-state index in [2.05, 4.69) is 8.60 Å². The van der Waals surface area contributed by atoms with Gasteiger partial charge in [-0.25, -0.2) is 13.6 Å². The molecule has 0 aliphatic carbocycles. The topological polar surface area (TPSA) is 73.6 Å². The Balaban J connectivity index is 2.07. The second-order valence-electron chi connectivity index (χ2n) is 5.25. The highest BCUT2D eigenvalue weighted by atomic mass is 32.2. The van der Waals surface area contributed by atoms with Crippen molar-refractivity contribution in [3.8, 4) is 5.75 Å². The number of rotatable bonds is 3. The van der Waals surface area contributed by atoms with E-state index in [4.69, 9.17) is 0 Å². The van der Waals surface area contributed by atoms with E-state index in [1.54, 1.807) is 0 Å². The predicted octanol–water partition coefficient (Wildman–Crippen LogP) is 3.86. The van der Waals surface area contributed by atoms with Crippen LogP contribution < -0.4 is 9.81 Å². The zero-order valence-electron chi connectivity index (χ0n) is 12.9. The molecule has 0 aliphatic rings. The Morgan fingerprint density at radius 2 is 1.67 bits per heavy atom. The Bertz CT molecular complexity index is 1200. The summed E-state index contributed by atoms with van der Waals surface area (Å²) in [4.78, 5) is 10.4. The molecule has 5 nitrogen and oxygen atoms in total. The van der Waals surface area contributed by atoms with Crippen LogP contribution in [0.4, 0.5) is 22.0 Å². The fraction of sp³-hybridized carbons (Fsp3) is 0.0625. The van der Waals surface area contributed by atoms with E-state index in [0.29, 0.717) is 18.2 Å². The summed E-state index contributed by atoms with van der Waals surface area (Å²) >= 11 is 0. The van der Waals surface area contributed by atoms with Gasteiger partial charge in [-0.15, -0.1) is 0 Å². The number of alkyl halides is 3. The molecule has 0 atom stereocenters. The normalized spacial score (nSPS) is 12.3. The first-order valence-electron chi connectivity index (χ1n) is 7.02. The molecule has 0 radical (unpaired) electrons. The van der Waals surface area contributed by atoms with Gasteiger partial charge in [0.1, 0.15) is 27.9 Å². The molecule has 0 unspecified atom stereocenters. The third-order valence-electron chi connectivity index (χ3n) is 3.39. The van der Waals surface area contributed by atoms with Crippen molar-refractivity contribution in [1.82, 2.24) is 0 Å². The average molecular weight is 406 g/mol. The molecule has 2 aromatic carbocycles. The highest BCUT2D eigenvalue weighted by Crippen LogP contribution is 2.35. The quantitative estimate of drug-likeness (QED) is 0.375. The van der Waals surface area contributed by atoms with Gasteiger partial charge in [-0.3, -0.25) is 0 Å². The maximum atomic E-state index is 13.7. The summed E-state index contributed by atoms with van der Waals surface area (Å²) in [5.41, 5.74) is -3.16. The Labute approximate surface area is 147 Å². The monoisotopic (exact) mass is 406 g/mol. The summed E-state index contributed by atoms with van der Waals surface area (Å²) in [5, 5.41) is -0.500. The lowest BCUT2D eigenvalue weighted by Gasteiger charge is -2.11. The number of halogens is 5. The molecule has 0 saturated carbocycles. The summed E-state index contributed by atoms with van der Waals surface area (Å²) in [6.07, 6.45) is -4.85. The van der Waals surface area contributed by atoms with Crippen LogP contribution in [0, 0.1) is 11.6 Å². The zero-order valence-corrected chi connectivity index (χ0v) is 13.7. The van der Waals surface area contributed by atoms with Crippen LogP contribution in [0.15, 0.2) is 56.6 Å². The lowest BCUT2D eigenvalue weighted by molar-refractivity contribution is -0.136. The van der Waals surface area contributed by atoms with Gasteiger partial charge < -0.3 is 8.60 Å².